The van der Waals surface area contributed by atoms with Gasteiger partial charge in [-0.15, -0.1) is 0 Å². The average Bonchev–Trinajstić information content (AvgIpc) is 3.27. The number of hydrogen-bond donors (Lipinski definition) is 1. The van der Waals surface area contributed by atoms with E-state index >= 15 is 0 Å². The Balaban J connectivity index is 1.72. The molecule has 31 heavy (non-hydrogen) atoms. The van der Waals surface area contributed by atoms with E-state index in [9.17, 15) is 31.5 Å². The third-order valence-electron chi connectivity index (χ3n) is 5.20. The van der Waals surface area contributed by atoms with Crippen molar-refractivity contribution < 1.29 is 41.1 Å². The first-order chi connectivity index (χ1) is 14.4. The van der Waals surface area contributed by atoms with Gasteiger partial charge >= 0.3 is 17.7 Å². The first-order valence-corrected chi connectivity index (χ1v) is 9.71. The van der Waals surface area contributed by atoms with Crippen molar-refractivity contribution in [2.75, 3.05) is 0 Å². The predicted octanol–water partition coefficient (Wildman–Crippen LogP) is 3.63. The number of esters is 1. The van der Waals surface area contributed by atoms with Crippen LogP contribution >= 0.6 is 0 Å². The third kappa shape index (κ3) is 4.80. The molecule has 1 fully saturated rings. The molecule has 6 nitrogen and oxygen atoms in total. The number of nitrogens with zero attached hydrogens (tertiary/aromatic N) is 1. The first kappa shape index (κ1) is 23.0. The van der Waals surface area contributed by atoms with E-state index in [0.717, 1.165) is 12.1 Å². The van der Waals surface area contributed by atoms with Crippen molar-refractivity contribution in [2.24, 2.45) is 11.1 Å². The summed E-state index contributed by atoms with van der Waals surface area (Å²) in [4.78, 5) is 29.2. The Morgan fingerprint density at radius 3 is 2.42 bits per heavy atom. The van der Waals surface area contributed by atoms with Crippen molar-refractivity contribution in [3.8, 4) is 0 Å². The van der Waals surface area contributed by atoms with E-state index in [-0.39, 0.29) is 18.1 Å². The van der Waals surface area contributed by atoms with Crippen LogP contribution in [0.25, 0.3) is 0 Å². The Hall–Kier alpha value is -2.72. The molecule has 1 amide bonds. The van der Waals surface area contributed by atoms with Crippen LogP contribution < -0.4 is 5.32 Å². The van der Waals surface area contributed by atoms with E-state index in [1.165, 1.54) is 0 Å². The Kier molecular flexibility index (Phi) is 6.24. The van der Waals surface area contributed by atoms with Crippen molar-refractivity contribution in [3.63, 3.8) is 0 Å². The van der Waals surface area contributed by atoms with E-state index in [2.05, 4.69) is 15.3 Å². The van der Waals surface area contributed by atoms with Crippen molar-refractivity contribution in [2.45, 2.75) is 63.5 Å². The van der Waals surface area contributed by atoms with Gasteiger partial charge in [-0.1, -0.05) is 5.16 Å². The second kappa shape index (κ2) is 8.43. The van der Waals surface area contributed by atoms with Crippen LogP contribution in [0, 0.1) is 17.6 Å². The highest BCUT2D eigenvalue weighted by Gasteiger charge is 2.67. The lowest BCUT2D eigenvalue weighted by atomic mass is 9.92. The maximum Gasteiger partial charge on any atom is 0.440 e. The van der Waals surface area contributed by atoms with Crippen molar-refractivity contribution in [1.29, 1.82) is 0 Å². The molecular formula is C20H21F5N2O4. The van der Waals surface area contributed by atoms with Gasteiger partial charge in [0.2, 0.25) is 0 Å². The highest BCUT2D eigenvalue weighted by atomic mass is 19.4. The number of amides is 1. The zero-order valence-electron chi connectivity index (χ0n) is 16.8. The Labute approximate surface area is 174 Å². The number of rotatable bonds is 5. The third-order valence-corrected chi connectivity index (χ3v) is 5.20. The molecule has 0 spiro atoms. The summed E-state index contributed by atoms with van der Waals surface area (Å²) < 4.78 is 73.6. The molecule has 1 heterocycles. The van der Waals surface area contributed by atoms with Gasteiger partial charge in [0.15, 0.2) is 0 Å². The first-order valence-electron chi connectivity index (χ1n) is 9.71. The second-order valence-corrected chi connectivity index (χ2v) is 7.95. The van der Waals surface area contributed by atoms with E-state index in [1.54, 1.807) is 13.8 Å². The molecule has 1 aromatic carbocycles. The number of alkyl halides is 3. The molecule has 11 heteroatoms. The molecular weight excluding hydrogens is 427 g/mol. The molecule has 3 rings (SSSR count). The molecule has 1 aliphatic carbocycles. The van der Waals surface area contributed by atoms with E-state index in [0.29, 0.717) is 18.9 Å². The maximum absolute atomic E-state index is 13.9. The Morgan fingerprint density at radius 1 is 1.19 bits per heavy atom. The standard InChI is InChI=1S/C20H21F5N2O4/c1-10(2)30-17(28)11-3-4-15(7-11)26-18(29)19(20(23,24)25)9-16(27-31-19)12-5-13(21)8-14(22)6-12/h5-6,8,10-11,15H,3-4,7,9H2,1-2H3,(H,26,29)/t11-,15+,19-/m1/s1. The average molecular weight is 448 g/mol. The Morgan fingerprint density at radius 2 is 1.84 bits per heavy atom. The summed E-state index contributed by atoms with van der Waals surface area (Å²) in [5.41, 5.74) is -3.99. The van der Waals surface area contributed by atoms with Crippen LogP contribution in [0.4, 0.5) is 22.0 Å². The summed E-state index contributed by atoms with van der Waals surface area (Å²) in [6.45, 7) is 3.36. The lowest BCUT2D eigenvalue weighted by Crippen LogP contribution is -2.58. The number of carbonyl (C=O) groups excluding carboxylic acids is 2. The van der Waals surface area contributed by atoms with Crippen LogP contribution in [0.2, 0.25) is 0 Å². The minimum atomic E-state index is -5.15. The van der Waals surface area contributed by atoms with Crippen molar-refractivity contribution in [3.05, 3.63) is 35.4 Å². The van der Waals surface area contributed by atoms with Gasteiger partial charge in [-0.3, -0.25) is 9.59 Å². The molecule has 0 bridgehead atoms. The van der Waals surface area contributed by atoms with Gasteiger partial charge in [0.25, 0.3) is 5.91 Å². The number of ether oxygens (including phenoxy) is 1. The summed E-state index contributed by atoms with van der Waals surface area (Å²) >= 11 is 0. The van der Waals surface area contributed by atoms with Gasteiger partial charge in [-0.25, -0.2) is 8.78 Å². The van der Waals surface area contributed by atoms with Gasteiger partial charge in [0.1, 0.15) is 11.6 Å². The van der Waals surface area contributed by atoms with E-state index < -0.39 is 59.4 Å². The molecule has 1 aliphatic heterocycles. The molecule has 0 saturated heterocycles. The lowest BCUT2D eigenvalue weighted by Gasteiger charge is -2.29. The monoisotopic (exact) mass is 448 g/mol. The van der Waals surface area contributed by atoms with Crippen LogP contribution in [0.15, 0.2) is 23.4 Å². The summed E-state index contributed by atoms with van der Waals surface area (Å²) in [5, 5.41) is 5.60. The zero-order valence-corrected chi connectivity index (χ0v) is 16.8. The molecule has 3 atom stereocenters. The van der Waals surface area contributed by atoms with Crippen molar-refractivity contribution >= 4 is 17.6 Å². The lowest BCUT2D eigenvalue weighted by molar-refractivity contribution is -0.259. The smallest absolute Gasteiger partial charge is 0.440 e. The van der Waals surface area contributed by atoms with Gasteiger partial charge in [-0.2, -0.15) is 13.2 Å². The molecule has 1 aromatic rings. The largest absolute Gasteiger partial charge is 0.463 e. The molecule has 170 valence electrons. The van der Waals surface area contributed by atoms with Crippen LogP contribution in [-0.4, -0.2) is 41.5 Å². The van der Waals surface area contributed by atoms with E-state index in [4.69, 9.17) is 4.74 Å². The number of carbonyl (C=O) groups is 2. The van der Waals surface area contributed by atoms with Crippen molar-refractivity contribution in [1.82, 2.24) is 5.32 Å². The fraction of sp³-hybridized carbons (Fsp3) is 0.550. The molecule has 1 saturated carbocycles. The molecule has 0 unspecified atom stereocenters. The number of hydrogen-bond acceptors (Lipinski definition) is 5. The highest BCUT2D eigenvalue weighted by Crippen LogP contribution is 2.42. The van der Waals surface area contributed by atoms with Gasteiger partial charge in [0.05, 0.1) is 24.2 Å². The van der Waals surface area contributed by atoms with E-state index in [1.807, 2.05) is 0 Å². The van der Waals surface area contributed by atoms with Crippen LogP contribution in [0.5, 0.6) is 0 Å². The number of nitrogens with one attached hydrogen (secondary N) is 1. The highest BCUT2D eigenvalue weighted by molar-refractivity contribution is 6.05. The van der Waals surface area contributed by atoms with Crippen LogP contribution in [0.1, 0.15) is 45.1 Å². The summed E-state index contributed by atoms with van der Waals surface area (Å²) in [5.74, 6) is -4.47. The maximum atomic E-state index is 13.9. The topological polar surface area (TPSA) is 77.0 Å². The Bertz CT molecular complexity index is 882. The number of benzene rings is 1. The van der Waals surface area contributed by atoms with Crippen LogP contribution in [0.3, 0.4) is 0 Å². The molecule has 0 aromatic heterocycles. The zero-order chi connectivity index (χ0) is 23.0. The molecule has 1 N–H and O–H groups in total. The fourth-order valence-electron chi connectivity index (χ4n) is 3.67. The predicted molar refractivity (Wildman–Crippen MR) is 97.9 cm³/mol. The summed E-state index contributed by atoms with van der Waals surface area (Å²) in [6, 6.07) is 1.48. The van der Waals surface area contributed by atoms with Gasteiger partial charge < -0.3 is 14.9 Å². The van der Waals surface area contributed by atoms with Gasteiger partial charge in [0, 0.05) is 17.7 Å². The minimum Gasteiger partial charge on any atom is -0.463 e. The fourth-order valence-corrected chi connectivity index (χ4v) is 3.67. The number of oxime groups is 1. The SMILES string of the molecule is CC(C)OC(=O)[C@@H]1CC[C@H](NC(=O)[C@@]2(C(F)(F)F)CC(c3cc(F)cc(F)c3)=NO2)C1. The minimum absolute atomic E-state index is 0.133. The van der Waals surface area contributed by atoms with Crippen LogP contribution in [-0.2, 0) is 19.2 Å². The normalized spacial score (nSPS) is 25.9. The summed E-state index contributed by atoms with van der Waals surface area (Å²) in [7, 11) is 0. The molecule has 0 radical (unpaired) electrons. The quantitative estimate of drug-likeness (QED) is 0.552. The molecule has 2 aliphatic rings. The summed E-state index contributed by atoms with van der Waals surface area (Å²) in [6.07, 6.45) is -5.74. The number of halogens is 5. The van der Waals surface area contributed by atoms with Gasteiger partial charge in [-0.05, 0) is 45.2 Å². The second-order valence-electron chi connectivity index (χ2n) is 7.95.